The number of nitrogens with two attached hydrogens (primary N) is 1. The van der Waals surface area contributed by atoms with Gasteiger partial charge in [-0.15, -0.1) is 0 Å². The van der Waals surface area contributed by atoms with Gasteiger partial charge in [0.25, 0.3) is 0 Å². The lowest BCUT2D eigenvalue weighted by atomic mass is 9.75. The molecule has 176 valence electrons. The third-order valence-corrected chi connectivity index (χ3v) is 9.31. The molecule has 1 saturated heterocycles. The van der Waals surface area contributed by atoms with Gasteiger partial charge in [0, 0.05) is 36.3 Å². The Morgan fingerprint density at radius 1 is 1.23 bits per heavy atom. The van der Waals surface area contributed by atoms with E-state index < -0.39 is 5.92 Å². The van der Waals surface area contributed by atoms with Crippen LogP contribution in [0.2, 0.25) is 0 Å². The van der Waals surface area contributed by atoms with E-state index in [1.165, 1.54) is 10.6 Å². The van der Waals surface area contributed by atoms with Gasteiger partial charge in [-0.25, -0.2) is 4.99 Å². The standard InChI is InChI=1S/C27H25N5O2S/c1-34-16-5-2-4-15(12-16)20-17(13-28)25-30-24(29)23-21-14-8-10-31(11-9-14)26(21)35-27(23)32(25)18-6-3-7-19(33)22(18)20/h2,4-5,12,14,20H,3,6-11H2,1H3,(H2,29,30)/t20-/m1/s1. The van der Waals surface area contributed by atoms with E-state index in [9.17, 15) is 10.1 Å². The Hall–Kier alpha value is -3.57. The largest absolute Gasteiger partial charge is 0.497 e. The second kappa shape index (κ2) is 7.46. The molecule has 35 heavy (non-hydrogen) atoms. The van der Waals surface area contributed by atoms with Crippen LogP contribution in [0.1, 0.15) is 60.6 Å². The van der Waals surface area contributed by atoms with E-state index >= 15 is 0 Å². The first-order valence-corrected chi connectivity index (χ1v) is 13.0. The number of ketones is 1. The van der Waals surface area contributed by atoms with Gasteiger partial charge in [0.05, 0.1) is 35.2 Å². The summed E-state index contributed by atoms with van der Waals surface area (Å²) in [5.74, 6) is 1.89. The first-order valence-electron chi connectivity index (χ1n) is 12.2. The molecule has 0 radical (unpaired) electrons. The van der Waals surface area contributed by atoms with E-state index in [1.807, 2.05) is 24.3 Å². The molecule has 0 spiro atoms. The summed E-state index contributed by atoms with van der Waals surface area (Å²) in [4.78, 5) is 22.9. The van der Waals surface area contributed by atoms with Gasteiger partial charge in [-0.3, -0.25) is 9.69 Å². The third kappa shape index (κ3) is 2.76. The van der Waals surface area contributed by atoms with Crippen LogP contribution in [0.3, 0.4) is 0 Å². The fourth-order valence-corrected chi connectivity index (χ4v) is 7.98. The molecule has 7 nitrogen and oxygen atoms in total. The summed E-state index contributed by atoms with van der Waals surface area (Å²) in [5, 5.41) is 12.8. The number of nitrogens with zero attached hydrogens (tertiary/aromatic N) is 4. The van der Waals surface area contributed by atoms with E-state index in [-0.39, 0.29) is 5.78 Å². The van der Waals surface area contributed by atoms with Gasteiger partial charge in [-0.05, 0) is 49.3 Å². The van der Waals surface area contributed by atoms with Crippen LogP contribution in [0, 0.1) is 11.3 Å². The van der Waals surface area contributed by atoms with Crippen LogP contribution < -0.4 is 20.3 Å². The van der Waals surface area contributed by atoms with Crippen LogP contribution in [0.5, 0.6) is 5.75 Å². The number of rotatable bonds is 2. The number of hydrogen-bond acceptors (Lipinski definition) is 8. The van der Waals surface area contributed by atoms with Crippen LogP contribution in [0.4, 0.5) is 10.0 Å². The monoisotopic (exact) mass is 483 g/mol. The minimum atomic E-state index is -0.475. The fourth-order valence-electron chi connectivity index (χ4n) is 6.51. The zero-order valence-electron chi connectivity index (χ0n) is 19.5. The molecule has 8 heteroatoms. The lowest BCUT2D eigenvalue weighted by Gasteiger charge is -2.41. The van der Waals surface area contributed by atoms with Crippen molar-refractivity contribution in [3.05, 3.63) is 63.6 Å². The van der Waals surface area contributed by atoms with Gasteiger partial charge in [0.15, 0.2) is 11.6 Å². The van der Waals surface area contributed by atoms with Gasteiger partial charge in [-0.1, -0.05) is 23.5 Å². The summed E-state index contributed by atoms with van der Waals surface area (Å²) in [7, 11) is 1.62. The second-order valence-corrected chi connectivity index (χ2v) is 10.8. The van der Waals surface area contributed by atoms with E-state index in [2.05, 4.69) is 15.9 Å². The number of anilines is 2. The first kappa shape index (κ1) is 20.8. The van der Waals surface area contributed by atoms with Gasteiger partial charge in [0.2, 0.25) is 0 Å². The van der Waals surface area contributed by atoms with E-state index in [4.69, 9.17) is 15.5 Å². The first-order chi connectivity index (χ1) is 17.1. The number of Topliss-reactive ketones (excluding diaryl/α,β-unsaturated/α-hetero) is 1. The van der Waals surface area contributed by atoms with Crippen molar-refractivity contribution >= 4 is 33.0 Å². The van der Waals surface area contributed by atoms with E-state index in [1.54, 1.807) is 18.4 Å². The molecular weight excluding hydrogens is 458 g/mol. The number of ether oxygens (including phenoxy) is 1. The maximum atomic E-state index is 13.5. The second-order valence-electron chi connectivity index (χ2n) is 9.79. The van der Waals surface area contributed by atoms with Crippen LogP contribution in [-0.2, 0) is 4.79 Å². The van der Waals surface area contributed by atoms with Crippen molar-refractivity contribution in [2.75, 3.05) is 30.0 Å². The Morgan fingerprint density at radius 2 is 2.06 bits per heavy atom. The number of carbonyl (C=O) groups is 1. The summed E-state index contributed by atoms with van der Waals surface area (Å²) in [6, 6.07) is 10.1. The quantitative estimate of drug-likeness (QED) is 0.675. The number of nitriles is 1. The summed E-state index contributed by atoms with van der Waals surface area (Å²) in [6.07, 6.45) is 4.34. The molecule has 0 unspecified atom stereocenters. The Bertz CT molecular complexity index is 1430. The summed E-state index contributed by atoms with van der Waals surface area (Å²) >= 11 is 1.74. The highest BCUT2D eigenvalue weighted by Crippen LogP contribution is 2.57. The highest BCUT2D eigenvalue weighted by Gasteiger charge is 2.46. The molecule has 8 rings (SSSR count). The van der Waals surface area contributed by atoms with Crippen molar-refractivity contribution in [2.24, 2.45) is 10.7 Å². The topological polar surface area (TPSA) is 94.9 Å². The molecule has 2 aromatic rings. The SMILES string of the molecule is COc1cccc([C@@H]2C(C#N)=C3N=C(N)c4c(sc5c4C4CCN5CC4)N3C3=C2C(=O)CCC3)c1. The number of carbonyl (C=O) groups excluding carboxylic acids is 1. The molecule has 2 N–H and O–H groups in total. The minimum absolute atomic E-state index is 0.111. The molecule has 1 aromatic heterocycles. The van der Waals surface area contributed by atoms with Crippen molar-refractivity contribution in [3.63, 3.8) is 0 Å². The van der Waals surface area contributed by atoms with E-state index in [0.717, 1.165) is 66.2 Å². The van der Waals surface area contributed by atoms with Gasteiger partial charge in [-0.2, -0.15) is 5.26 Å². The van der Waals surface area contributed by atoms with Crippen molar-refractivity contribution in [1.82, 2.24) is 0 Å². The molecule has 2 bridgehead atoms. The minimum Gasteiger partial charge on any atom is -0.497 e. The maximum Gasteiger partial charge on any atom is 0.161 e. The van der Waals surface area contributed by atoms with Crippen LogP contribution in [0.25, 0.3) is 0 Å². The molecule has 1 atom stereocenters. The number of benzene rings is 1. The number of allylic oxidation sites excluding steroid dienone is 3. The molecule has 6 aliphatic rings. The number of methoxy groups -OCH3 is 1. The summed E-state index contributed by atoms with van der Waals surface area (Å²) in [6.45, 7) is 2.15. The lowest BCUT2D eigenvalue weighted by Crippen LogP contribution is -2.40. The average molecular weight is 484 g/mol. The zero-order chi connectivity index (χ0) is 23.8. The molecule has 0 saturated carbocycles. The average Bonchev–Trinajstić information content (AvgIpc) is 3.32. The van der Waals surface area contributed by atoms with Crippen molar-refractivity contribution in [2.45, 2.75) is 43.9 Å². The molecular formula is C27H25N5O2S. The predicted molar refractivity (Wildman–Crippen MR) is 136 cm³/mol. The van der Waals surface area contributed by atoms with Crippen molar-refractivity contribution < 1.29 is 9.53 Å². The summed E-state index contributed by atoms with van der Waals surface area (Å²) in [5.41, 5.74) is 12.0. The van der Waals surface area contributed by atoms with Crippen LogP contribution >= 0.6 is 11.3 Å². The van der Waals surface area contributed by atoms with Crippen LogP contribution in [-0.4, -0.2) is 31.8 Å². The number of fused-ring (bicyclic) bond motifs is 6. The zero-order valence-corrected chi connectivity index (χ0v) is 20.3. The van der Waals surface area contributed by atoms with E-state index in [0.29, 0.717) is 35.3 Å². The Kier molecular flexibility index (Phi) is 4.43. The highest BCUT2D eigenvalue weighted by atomic mass is 32.1. The predicted octanol–water partition coefficient (Wildman–Crippen LogP) is 4.52. The van der Waals surface area contributed by atoms with Crippen molar-refractivity contribution in [1.29, 1.82) is 5.26 Å². The number of aliphatic imine (C=N–C) groups is 1. The normalized spacial score (nSPS) is 22.9. The maximum absolute atomic E-state index is 13.5. The van der Waals surface area contributed by atoms with Gasteiger partial charge in [0.1, 0.15) is 16.6 Å². The Morgan fingerprint density at radius 3 is 2.83 bits per heavy atom. The molecule has 6 heterocycles. The highest BCUT2D eigenvalue weighted by molar-refractivity contribution is 7.21. The number of thiophene rings is 1. The number of hydrogen-bond donors (Lipinski definition) is 1. The Balaban J connectivity index is 1.50. The fraction of sp³-hybridized carbons (Fsp3) is 0.370. The molecule has 5 aliphatic heterocycles. The van der Waals surface area contributed by atoms with Crippen molar-refractivity contribution in [3.8, 4) is 11.8 Å². The van der Waals surface area contributed by atoms with Crippen LogP contribution in [0.15, 0.2) is 51.9 Å². The molecule has 1 aliphatic carbocycles. The molecule has 0 amide bonds. The number of piperidine rings is 1. The Labute approximate surface area is 207 Å². The summed E-state index contributed by atoms with van der Waals surface area (Å²) < 4.78 is 5.46. The molecule has 1 aromatic carbocycles. The lowest BCUT2D eigenvalue weighted by molar-refractivity contribution is -0.116. The van der Waals surface area contributed by atoms with Gasteiger partial charge >= 0.3 is 0 Å². The van der Waals surface area contributed by atoms with Gasteiger partial charge < -0.3 is 15.4 Å². The number of amidine groups is 1. The third-order valence-electron chi connectivity index (χ3n) is 8.06. The molecule has 1 fully saturated rings. The smallest absolute Gasteiger partial charge is 0.161 e.